The molecule has 4 rings (SSSR count). The van der Waals surface area contributed by atoms with Crippen molar-refractivity contribution >= 4 is 17.4 Å². The number of hydrogen-bond donors (Lipinski definition) is 1. The molecule has 3 aromatic carbocycles. The molecule has 1 heterocycles. The van der Waals surface area contributed by atoms with Crippen molar-refractivity contribution in [2.24, 2.45) is 0 Å². The summed E-state index contributed by atoms with van der Waals surface area (Å²) in [4.78, 5) is 27.6. The highest BCUT2D eigenvalue weighted by atomic mass is 19.1. The number of rotatable bonds is 8. The molecule has 3 aromatic rings. The van der Waals surface area contributed by atoms with Gasteiger partial charge in [0.25, 0.3) is 11.7 Å². The van der Waals surface area contributed by atoms with E-state index < -0.39 is 23.5 Å². The number of ether oxygens (including phenoxy) is 1. The molecule has 0 radical (unpaired) electrons. The van der Waals surface area contributed by atoms with E-state index in [-0.39, 0.29) is 17.9 Å². The van der Waals surface area contributed by atoms with E-state index in [0.29, 0.717) is 29.9 Å². The second kappa shape index (κ2) is 10.3. The maximum atomic E-state index is 13.6. The molecular formula is C28H26FNO4. The van der Waals surface area contributed by atoms with Gasteiger partial charge in [0.15, 0.2) is 0 Å². The van der Waals surface area contributed by atoms with Gasteiger partial charge in [-0.2, -0.15) is 0 Å². The molecule has 0 spiro atoms. The SMILES string of the molecule is CCCOc1cccc(/C(O)=C2\C(=O)C(=O)N(CCc3ccccc3)C2c2ccc(F)cc2)c1. The summed E-state index contributed by atoms with van der Waals surface area (Å²) >= 11 is 0. The molecule has 1 aliphatic rings. The van der Waals surface area contributed by atoms with Crippen molar-refractivity contribution in [1.29, 1.82) is 0 Å². The monoisotopic (exact) mass is 459 g/mol. The van der Waals surface area contributed by atoms with Gasteiger partial charge >= 0.3 is 0 Å². The van der Waals surface area contributed by atoms with E-state index in [1.807, 2.05) is 37.3 Å². The Labute approximate surface area is 198 Å². The third kappa shape index (κ3) is 4.86. The van der Waals surface area contributed by atoms with Crippen LogP contribution in [0.15, 0.2) is 84.4 Å². The first-order chi connectivity index (χ1) is 16.5. The first kappa shape index (κ1) is 23.2. The maximum Gasteiger partial charge on any atom is 0.295 e. The Hall–Kier alpha value is -3.93. The highest BCUT2D eigenvalue weighted by molar-refractivity contribution is 6.46. The van der Waals surface area contributed by atoms with Crippen molar-refractivity contribution in [1.82, 2.24) is 4.90 Å². The molecule has 0 aliphatic carbocycles. The molecule has 1 saturated heterocycles. The zero-order valence-corrected chi connectivity index (χ0v) is 18.9. The molecule has 6 heteroatoms. The number of ketones is 1. The van der Waals surface area contributed by atoms with Crippen LogP contribution in [0.1, 0.15) is 36.1 Å². The number of Topliss-reactive ketones (excluding diaryl/α,β-unsaturated/α-hetero) is 1. The molecule has 1 amide bonds. The van der Waals surface area contributed by atoms with E-state index in [4.69, 9.17) is 4.74 Å². The van der Waals surface area contributed by atoms with Gasteiger partial charge in [0, 0.05) is 12.1 Å². The average Bonchev–Trinajstić information content (AvgIpc) is 3.12. The summed E-state index contributed by atoms with van der Waals surface area (Å²) in [5, 5.41) is 11.2. The van der Waals surface area contributed by atoms with E-state index in [1.165, 1.54) is 29.2 Å². The van der Waals surface area contributed by atoms with Crippen molar-refractivity contribution in [3.63, 3.8) is 0 Å². The van der Waals surface area contributed by atoms with Crippen LogP contribution in [0, 0.1) is 5.82 Å². The molecule has 0 bridgehead atoms. The van der Waals surface area contributed by atoms with Gasteiger partial charge in [0.2, 0.25) is 0 Å². The minimum atomic E-state index is -0.829. The molecule has 0 aromatic heterocycles. The van der Waals surface area contributed by atoms with Crippen LogP contribution in [0.25, 0.3) is 5.76 Å². The summed E-state index contributed by atoms with van der Waals surface area (Å²) in [6, 6.07) is 21.2. The highest BCUT2D eigenvalue weighted by Gasteiger charge is 2.45. The lowest BCUT2D eigenvalue weighted by molar-refractivity contribution is -0.139. The van der Waals surface area contributed by atoms with Crippen LogP contribution in [0.4, 0.5) is 4.39 Å². The lowest BCUT2D eigenvalue weighted by Gasteiger charge is -2.25. The maximum absolute atomic E-state index is 13.6. The van der Waals surface area contributed by atoms with Crippen LogP contribution in [0.3, 0.4) is 0 Å². The summed E-state index contributed by atoms with van der Waals surface area (Å²) in [7, 11) is 0. The van der Waals surface area contributed by atoms with Gasteiger partial charge in [0.05, 0.1) is 18.2 Å². The Kier molecular flexibility index (Phi) is 7.07. The fourth-order valence-corrected chi connectivity index (χ4v) is 4.11. The number of hydrogen-bond acceptors (Lipinski definition) is 4. The second-order valence-electron chi connectivity index (χ2n) is 8.16. The van der Waals surface area contributed by atoms with Crippen molar-refractivity contribution in [3.05, 3.63) is 107 Å². The Bertz CT molecular complexity index is 1200. The minimum Gasteiger partial charge on any atom is -0.507 e. The number of likely N-dealkylation sites (tertiary alicyclic amines) is 1. The molecule has 34 heavy (non-hydrogen) atoms. The van der Waals surface area contributed by atoms with Gasteiger partial charge in [-0.15, -0.1) is 0 Å². The third-order valence-electron chi connectivity index (χ3n) is 5.79. The molecule has 1 atom stereocenters. The fraction of sp³-hybridized carbons (Fsp3) is 0.214. The lowest BCUT2D eigenvalue weighted by atomic mass is 9.95. The number of aliphatic hydroxyl groups is 1. The van der Waals surface area contributed by atoms with E-state index in [2.05, 4.69) is 0 Å². The molecule has 1 N–H and O–H groups in total. The van der Waals surface area contributed by atoms with Crippen molar-refractivity contribution in [3.8, 4) is 5.75 Å². The number of benzene rings is 3. The van der Waals surface area contributed by atoms with Gasteiger partial charge < -0.3 is 14.7 Å². The van der Waals surface area contributed by atoms with Crippen molar-refractivity contribution in [2.45, 2.75) is 25.8 Å². The quantitative estimate of drug-likeness (QED) is 0.283. The first-order valence-electron chi connectivity index (χ1n) is 11.3. The number of amides is 1. The average molecular weight is 460 g/mol. The van der Waals surface area contributed by atoms with Crippen LogP contribution < -0.4 is 4.74 Å². The summed E-state index contributed by atoms with van der Waals surface area (Å²) in [6.45, 7) is 2.78. The van der Waals surface area contributed by atoms with Crippen LogP contribution in [0.5, 0.6) is 5.75 Å². The summed E-state index contributed by atoms with van der Waals surface area (Å²) in [5.41, 5.74) is 1.93. The van der Waals surface area contributed by atoms with Gasteiger partial charge in [-0.25, -0.2) is 4.39 Å². The summed E-state index contributed by atoms with van der Waals surface area (Å²) in [5.74, 6) is -1.60. The standard InChI is InChI=1S/C28H26FNO4/c1-2-17-34-23-10-6-9-21(18-23)26(31)24-25(20-11-13-22(29)14-12-20)30(28(33)27(24)32)16-15-19-7-4-3-5-8-19/h3-14,18,25,31H,2,15-17H2,1H3/b26-24+. The number of halogens is 1. The third-order valence-corrected chi connectivity index (χ3v) is 5.79. The number of carbonyl (C=O) groups excluding carboxylic acids is 2. The molecule has 0 saturated carbocycles. The minimum absolute atomic E-state index is 0.0164. The molecule has 1 unspecified atom stereocenters. The molecule has 1 fully saturated rings. The van der Waals surface area contributed by atoms with E-state index >= 15 is 0 Å². The fourth-order valence-electron chi connectivity index (χ4n) is 4.11. The van der Waals surface area contributed by atoms with Gasteiger partial charge in [-0.3, -0.25) is 9.59 Å². The number of nitrogens with zero attached hydrogens (tertiary/aromatic N) is 1. The first-order valence-corrected chi connectivity index (χ1v) is 11.3. The Morgan fingerprint density at radius 2 is 1.74 bits per heavy atom. The van der Waals surface area contributed by atoms with Gasteiger partial charge in [-0.05, 0) is 48.2 Å². The zero-order valence-electron chi connectivity index (χ0n) is 18.9. The van der Waals surface area contributed by atoms with Gasteiger partial charge in [0.1, 0.15) is 17.3 Å². The smallest absolute Gasteiger partial charge is 0.295 e. The normalized spacial score (nSPS) is 17.2. The summed E-state index contributed by atoms with van der Waals surface area (Å²) < 4.78 is 19.3. The second-order valence-corrected chi connectivity index (χ2v) is 8.16. The topological polar surface area (TPSA) is 66.8 Å². The molecule has 1 aliphatic heterocycles. The van der Waals surface area contributed by atoms with Gasteiger partial charge in [-0.1, -0.05) is 61.5 Å². The summed E-state index contributed by atoms with van der Waals surface area (Å²) in [6.07, 6.45) is 1.36. The zero-order chi connectivity index (χ0) is 24.1. The van der Waals surface area contributed by atoms with Crippen molar-refractivity contribution in [2.75, 3.05) is 13.2 Å². The Morgan fingerprint density at radius 3 is 2.44 bits per heavy atom. The largest absolute Gasteiger partial charge is 0.507 e. The van der Waals surface area contributed by atoms with Crippen LogP contribution >= 0.6 is 0 Å². The van der Waals surface area contributed by atoms with Crippen LogP contribution in [-0.4, -0.2) is 34.8 Å². The van der Waals surface area contributed by atoms with E-state index in [1.54, 1.807) is 24.3 Å². The van der Waals surface area contributed by atoms with Crippen LogP contribution in [-0.2, 0) is 16.0 Å². The van der Waals surface area contributed by atoms with Crippen LogP contribution in [0.2, 0.25) is 0 Å². The predicted molar refractivity (Wildman–Crippen MR) is 128 cm³/mol. The van der Waals surface area contributed by atoms with E-state index in [9.17, 15) is 19.1 Å². The Morgan fingerprint density at radius 1 is 1.00 bits per heavy atom. The molecule has 174 valence electrons. The Balaban J connectivity index is 1.75. The van der Waals surface area contributed by atoms with Crippen molar-refractivity contribution < 1.29 is 23.8 Å². The van der Waals surface area contributed by atoms with E-state index in [0.717, 1.165) is 12.0 Å². The highest BCUT2D eigenvalue weighted by Crippen LogP contribution is 2.39. The predicted octanol–water partition coefficient (Wildman–Crippen LogP) is 5.28. The number of aliphatic hydroxyl groups excluding tert-OH is 1. The number of carbonyl (C=O) groups is 2. The molecular weight excluding hydrogens is 433 g/mol. The molecule has 5 nitrogen and oxygen atoms in total. The lowest BCUT2D eigenvalue weighted by Crippen LogP contribution is -2.31.